The van der Waals surface area contributed by atoms with Crippen LogP contribution in [0.15, 0.2) is 41.7 Å². The highest BCUT2D eigenvalue weighted by atomic mass is 35.5. The first-order chi connectivity index (χ1) is 11.2. The lowest BCUT2D eigenvalue weighted by Crippen LogP contribution is -2.09. The molecule has 0 unspecified atom stereocenters. The fourth-order valence-corrected chi connectivity index (χ4v) is 2.81. The van der Waals surface area contributed by atoms with E-state index in [-0.39, 0.29) is 6.61 Å². The minimum atomic E-state index is 0.0154. The number of hydrogen-bond donors (Lipinski definition) is 2. The molecule has 1 aromatic carbocycles. The molecule has 2 heterocycles. The molecule has 0 saturated heterocycles. The topological polar surface area (TPSA) is 70.9 Å². The van der Waals surface area contributed by atoms with E-state index in [0.717, 1.165) is 16.5 Å². The maximum Gasteiger partial charge on any atom is 0.189 e. The van der Waals surface area contributed by atoms with Crippen molar-refractivity contribution in [3.8, 4) is 11.1 Å². The SMILES string of the molecule is CSc1ncc2cc(-c3ccccc3Cl)c(NCCO)nc2n1. The lowest BCUT2D eigenvalue weighted by molar-refractivity contribution is 0.311. The Hall–Kier alpha value is -1.89. The fourth-order valence-electron chi connectivity index (χ4n) is 2.24. The number of nitrogens with zero attached hydrogens (tertiary/aromatic N) is 3. The van der Waals surface area contributed by atoms with Gasteiger partial charge in [0.1, 0.15) is 5.82 Å². The Morgan fingerprint density at radius 2 is 2.04 bits per heavy atom. The van der Waals surface area contributed by atoms with Gasteiger partial charge in [-0.15, -0.1) is 0 Å². The zero-order valence-electron chi connectivity index (χ0n) is 12.5. The van der Waals surface area contributed by atoms with Gasteiger partial charge in [0.25, 0.3) is 0 Å². The average molecular weight is 347 g/mol. The van der Waals surface area contributed by atoms with Crippen molar-refractivity contribution in [2.24, 2.45) is 0 Å². The Morgan fingerprint density at radius 3 is 2.78 bits per heavy atom. The van der Waals surface area contributed by atoms with E-state index < -0.39 is 0 Å². The summed E-state index contributed by atoms with van der Waals surface area (Å²) in [5.74, 6) is 0.644. The third-order valence-electron chi connectivity index (χ3n) is 3.30. The smallest absolute Gasteiger partial charge is 0.189 e. The van der Waals surface area contributed by atoms with Gasteiger partial charge in [-0.05, 0) is 18.4 Å². The summed E-state index contributed by atoms with van der Waals surface area (Å²) in [5.41, 5.74) is 2.34. The molecular weight excluding hydrogens is 332 g/mol. The number of aliphatic hydroxyl groups is 1. The Labute approximate surface area is 143 Å². The number of benzene rings is 1. The fraction of sp³-hybridized carbons (Fsp3) is 0.188. The first-order valence-electron chi connectivity index (χ1n) is 7.04. The summed E-state index contributed by atoms with van der Waals surface area (Å²) in [4.78, 5) is 13.3. The lowest BCUT2D eigenvalue weighted by Gasteiger charge is -2.13. The number of halogens is 1. The van der Waals surface area contributed by atoms with Gasteiger partial charge in [0.15, 0.2) is 10.8 Å². The number of aromatic nitrogens is 3. The van der Waals surface area contributed by atoms with E-state index in [1.807, 2.05) is 36.6 Å². The van der Waals surface area contributed by atoms with Crippen molar-refractivity contribution in [1.29, 1.82) is 0 Å². The van der Waals surface area contributed by atoms with Crippen molar-refractivity contribution in [3.63, 3.8) is 0 Å². The molecule has 0 aliphatic heterocycles. The van der Waals surface area contributed by atoms with Crippen LogP contribution in [0, 0.1) is 0 Å². The maximum atomic E-state index is 9.09. The molecule has 3 aromatic rings. The summed E-state index contributed by atoms with van der Waals surface area (Å²) >= 11 is 7.79. The Morgan fingerprint density at radius 1 is 1.22 bits per heavy atom. The molecule has 3 rings (SSSR count). The molecule has 0 aliphatic rings. The van der Waals surface area contributed by atoms with Crippen molar-refractivity contribution >= 4 is 40.2 Å². The van der Waals surface area contributed by atoms with Crippen LogP contribution in [0.5, 0.6) is 0 Å². The van der Waals surface area contributed by atoms with Crippen LogP contribution in [-0.4, -0.2) is 39.5 Å². The molecule has 5 nitrogen and oxygen atoms in total. The van der Waals surface area contributed by atoms with Crippen LogP contribution in [0.1, 0.15) is 0 Å². The second-order valence-electron chi connectivity index (χ2n) is 4.78. The van der Waals surface area contributed by atoms with Crippen LogP contribution in [0.3, 0.4) is 0 Å². The first-order valence-corrected chi connectivity index (χ1v) is 8.64. The van der Waals surface area contributed by atoms with Crippen molar-refractivity contribution in [3.05, 3.63) is 41.6 Å². The minimum Gasteiger partial charge on any atom is -0.395 e. The molecule has 0 saturated carbocycles. The van der Waals surface area contributed by atoms with E-state index in [0.29, 0.717) is 28.2 Å². The van der Waals surface area contributed by atoms with Gasteiger partial charge in [-0.25, -0.2) is 15.0 Å². The molecule has 2 aromatic heterocycles. The van der Waals surface area contributed by atoms with Gasteiger partial charge >= 0.3 is 0 Å². The van der Waals surface area contributed by atoms with Gasteiger partial charge in [0.05, 0.1) is 6.61 Å². The Kier molecular flexibility index (Phi) is 4.95. The number of anilines is 1. The molecule has 0 bridgehead atoms. The third kappa shape index (κ3) is 3.39. The molecule has 0 aliphatic carbocycles. The predicted octanol–water partition coefficient (Wildman–Crippen LogP) is 3.47. The zero-order chi connectivity index (χ0) is 16.2. The standard InChI is InChI=1S/C16H15ClN4OS/c1-23-16-19-9-10-8-12(11-4-2-3-5-13(11)17)15(18-6-7-22)20-14(10)21-16/h2-5,8-9,22H,6-7H2,1H3,(H,18,19,20,21). The van der Waals surface area contributed by atoms with E-state index in [4.69, 9.17) is 16.7 Å². The van der Waals surface area contributed by atoms with Gasteiger partial charge in [0.2, 0.25) is 0 Å². The number of fused-ring (bicyclic) bond motifs is 1. The summed E-state index contributed by atoms with van der Waals surface area (Å²) in [6.07, 6.45) is 3.68. The van der Waals surface area contributed by atoms with Crippen molar-refractivity contribution in [1.82, 2.24) is 15.0 Å². The Balaban J connectivity index is 2.20. The normalized spacial score (nSPS) is 10.9. The summed E-state index contributed by atoms with van der Waals surface area (Å²) in [6.45, 7) is 0.415. The lowest BCUT2D eigenvalue weighted by atomic mass is 10.1. The molecule has 0 amide bonds. The van der Waals surface area contributed by atoms with E-state index in [2.05, 4.69) is 20.3 Å². The van der Waals surface area contributed by atoms with Crippen molar-refractivity contribution in [2.75, 3.05) is 24.7 Å². The Bertz CT molecular complexity index is 843. The molecular formula is C16H15ClN4OS. The zero-order valence-corrected chi connectivity index (χ0v) is 14.0. The number of hydrogen-bond acceptors (Lipinski definition) is 6. The number of rotatable bonds is 5. The number of nitrogens with one attached hydrogen (secondary N) is 1. The second-order valence-corrected chi connectivity index (χ2v) is 5.96. The third-order valence-corrected chi connectivity index (χ3v) is 4.19. The molecule has 23 heavy (non-hydrogen) atoms. The molecule has 7 heteroatoms. The maximum absolute atomic E-state index is 9.09. The quantitative estimate of drug-likeness (QED) is 0.544. The molecule has 0 fully saturated rings. The predicted molar refractivity (Wildman–Crippen MR) is 95.1 cm³/mol. The highest BCUT2D eigenvalue weighted by Gasteiger charge is 2.13. The van der Waals surface area contributed by atoms with Crippen LogP contribution >= 0.6 is 23.4 Å². The highest BCUT2D eigenvalue weighted by molar-refractivity contribution is 7.98. The van der Waals surface area contributed by atoms with Gasteiger partial charge in [-0.2, -0.15) is 0 Å². The van der Waals surface area contributed by atoms with Gasteiger partial charge in [-0.3, -0.25) is 0 Å². The van der Waals surface area contributed by atoms with E-state index in [1.165, 1.54) is 11.8 Å². The van der Waals surface area contributed by atoms with Crippen molar-refractivity contribution in [2.45, 2.75) is 5.16 Å². The molecule has 2 N–H and O–H groups in total. The highest BCUT2D eigenvalue weighted by Crippen LogP contribution is 2.34. The van der Waals surface area contributed by atoms with E-state index >= 15 is 0 Å². The van der Waals surface area contributed by atoms with Crippen LogP contribution in [-0.2, 0) is 0 Å². The van der Waals surface area contributed by atoms with E-state index in [1.54, 1.807) is 6.20 Å². The second kappa shape index (κ2) is 7.12. The van der Waals surface area contributed by atoms with E-state index in [9.17, 15) is 0 Å². The van der Waals surface area contributed by atoms with Crippen LogP contribution in [0.25, 0.3) is 22.2 Å². The van der Waals surface area contributed by atoms with Gasteiger partial charge in [-0.1, -0.05) is 41.6 Å². The van der Waals surface area contributed by atoms with Gasteiger partial charge in [0, 0.05) is 34.3 Å². The number of aliphatic hydroxyl groups excluding tert-OH is 1. The molecule has 0 radical (unpaired) electrons. The summed E-state index contributed by atoms with van der Waals surface area (Å²) in [7, 11) is 0. The summed E-state index contributed by atoms with van der Waals surface area (Å²) < 4.78 is 0. The summed E-state index contributed by atoms with van der Waals surface area (Å²) in [5, 5.41) is 14.4. The number of pyridine rings is 1. The average Bonchev–Trinajstić information content (AvgIpc) is 2.59. The number of thioether (sulfide) groups is 1. The minimum absolute atomic E-state index is 0.0154. The van der Waals surface area contributed by atoms with Crippen molar-refractivity contribution < 1.29 is 5.11 Å². The molecule has 118 valence electrons. The largest absolute Gasteiger partial charge is 0.395 e. The van der Waals surface area contributed by atoms with Crippen LogP contribution in [0.2, 0.25) is 5.02 Å². The van der Waals surface area contributed by atoms with Crippen LogP contribution < -0.4 is 5.32 Å². The molecule has 0 atom stereocenters. The summed E-state index contributed by atoms with van der Waals surface area (Å²) in [6, 6.07) is 9.55. The monoisotopic (exact) mass is 346 g/mol. The molecule has 0 spiro atoms. The first kappa shape index (κ1) is 16.0. The van der Waals surface area contributed by atoms with Gasteiger partial charge < -0.3 is 10.4 Å². The van der Waals surface area contributed by atoms with Crippen LogP contribution in [0.4, 0.5) is 5.82 Å².